The van der Waals surface area contributed by atoms with Gasteiger partial charge in [0, 0.05) is 28.0 Å². The molecule has 1 N–H and O–H groups in total. The van der Waals surface area contributed by atoms with Crippen molar-refractivity contribution in [3.63, 3.8) is 0 Å². The largest absolute Gasteiger partial charge is 0.464 e. The number of carbonyl (C=O) groups excluding carboxylic acids is 1. The van der Waals surface area contributed by atoms with Gasteiger partial charge < -0.3 is 14.6 Å². The standard InChI is InChI=1S/C21H25N5O2/c1-3-21-10-6-11-23-19(21)18-15(9-12-24-25-22)14-7-4-5-8-16(14)26(18)17(13-21)20(27)28-2/h4-5,7-8,13,19,23H,3,6,9-12H2,1-2H3/t19-,21+/m1/s1. The van der Waals surface area contributed by atoms with Crippen molar-refractivity contribution in [1.82, 2.24) is 9.88 Å². The maximum absolute atomic E-state index is 12.8. The molecule has 4 rings (SSSR count). The predicted molar refractivity (Wildman–Crippen MR) is 109 cm³/mol. The van der Waals surface area contributed by atoms with E-state index in [0.717, 1.165) is 48.0 Å². The summed E-state index contributed by atoms with van der Waals surface area (Å²) in [5, 5.41) is 8.57. The quantitative estimate of drug-likeness (QED) is 0.362. The number of aromatic nitrogens is 1. The van der Waals surface area contributed by atoms with Crippen molar-refractivity contribution < 1.29 is 9.53 Å². The highest BCUT2D eigenvalue weighted by Gasteiger charge is 2.46. The molecule has 28 heavy (non-hydrogen) atoms. The van der Waals surface area contributed by atoms with Gasteiger partial charge in [-0.1, -0.05) is 30.2 Å². The van der Waals surface area contributed by atoms with Crippen LogP contribution in [0.5, 0.6) is 0 Å². The molecule has 7 nitrogen and oxygen atoms in total. The summed E-state index contributed by atoms with van der Waals surface area (Å²) in [4.78, 5) is 15.7. The van der Waals surface area contributed by atoms with E-state index >= 15 is 0 Å². The van der Waals surface area contributed by atoms with Crippen molar-refractivity contribution in [3.8, 4) is 0 Å². The smallest absolute Gasteiger partial charge is 0.354 e. The molecule has 146 valence electrons. The molecule has 1 fully saturated rings. The first-order valence-electron chi connectivity index (χ1n) is 9.85. The Morgan fingerprint density at radius 1 is 1.46 bits per heavy atom. The summed E-state index contributed by atoms with van der Waals surface area (Å²) in [5.41, 5.74) is 12.4. The normalized spacial score (nSPS) is 23.4. The number of esters is 1. The fraction of sp³-hybridized carbons (Fsp3) is 0.476. The molecule has 3 heterocycles. The third-order valence-corrected chi connectivity index (χ3v) is 6.28. The minimum atomic E-state index is -0.319. The van der Waals surface area contributed by atoms with E-state index in [-0.39, 0.29) is 17.4 Å². The fourth-order valence-electron chi connectivity index (χ4n) is 4.97. The Kier molecular flexibility index (Phi) is 4.87. The highest BCUT2D eigenvalue weighted by molar-refractivity contribution is 6.13. The average Bonchev–Trinajstić information content (AvgIpc) is 3.07. The molecule has 0 bridgehead atoms. The van der Waals surface area contributed by atoms with Gasteiger partial charge in [0.2, 0.25) is 0 Å². The van der Waals surface area contributed by atoms with Gasteiger partial charge in [-0.05, 0) is 55.5 Å². The van der Waals surface area contributed by atoms with Crippen molar-refractivity contribution in [3.05, 3.63) is 52.0 Å². The number of fused-ring (bicyclic) bond motifs is 5. The Bertz CT molecular complexity index is 1000. The molecule has 7 heteroatoms. The van der Waals surface area contributed by atoms with Crippen LogP contribution in [0.4, 0.5) is 0 Å². The summed E-state index contributed by atoms with van der Waals surface area (Å²) < 4.78 is 7.22. The monoisotopic (exact) mass is 379 g/mol. The SMILES string of the molecule is CC[C@]12C=C(C(=O)OC)n3c(c(CCN=[N+]=[N-])c4ccccc43)[C@H]1NCCC2. The van der Waals surface area contributed by atoms with Crippen molar-refractivity contribution in [2.75, 3.05) is 20.2 Å². The first kappa shape index (κ1) is 18.6. The van der Waals surface area contributed by atoms with E-state index < -0.39 is 0 Å². The molecule has 0 saturated carbocycles. The Morgan fingerprint density at radius 3 is 3.04 bits per heavy atom. The number of azide groups is 1. The molecule has 2 atom stereocenters. The van der Waals surface area contributed by atoms with Crippen LogP contribution in [0.1, 0.15) is 43.5 Å². The zero-order valence-corrected chi connectivity index (χ0v) is 16.3. The van der Waals surface area contributed by atoms with Crippen LogP contribution in [0.25, 0.3) is 27.0 Å². The van der Waals surface area contributed by atoms with E-state index in [0.29, 0.717) is 18.7 Å². The molecule has 1 saturated heterocycles. The summed E-state index contributed by atoms with van der Waals surface area (Å²) in [5.74, 6) is -0.319. The lowest BCUT2D eigenvalue weighted by Gasteiger charge is -2.46. The maximum atomic E-state index is 12.8. The van der Waals surface area contributed by atoms with Gasteiger partial charge in [-0.25, -0.2) is 4.79 Å². The van der Waals surface area contributed by atoms with Crippen LogP contribution in [-0.2, 0) is 16.0 Å². The number of carbonyl (C=O) groups is 1. The molecule has 0 spiro atoms. The number of nitrogens with zero attached hydrogens (tertiary/aromatic N) is 4. The maximum Gasteiger partial charge on any atom is 0.354 e. The average molecular weight is 379 g/mol. The number of ether oxygens (including phenoxy) is 1. The van der Waals surface area contributed by atoms with Gasteiger partial charge in [0.15, 0.2) is 0 Å². The van der Waals surface area contributed by atoms with E-state index in [1.54, 1.807) is 0 Å². The van der Waals surface area contributed by atoms with Crippen molar-refractivity contribution in [1.29, 1.82) is 0 Å². The highest BCUT2D eigenvalue weighted by Crippen LogP contribution is 2.52. The molecule has 2 aliphatic rings. The number of benzene rings is 1. The molecule has 2 aromatic rings. The van der Waals surface area contributed by atoms with Gasteiger partial charge in [0.1, 0.15) is 5.70 Å². The van der Waals surface area contributed by atoms with Crippen LogP contribution in [0, 0.1) is 5.41 Å². The van der Waals surface area contributed by atoms with Crippen LogP contribution >= 0.6 is 0 Å². The van der Waals surface area contributed by atoms with E-state index in [4.69, 9.17) is 10.3 Å². The van der Waals surface area contributed by atoms with Gasteiger partial charge in [0.25, 0.3) is 0 Å². The molecular formula is C21H25N5O2. The summed E-state index contributed by atoms with van der Waals surface area (Å²) in [6.45, 7) is 3.52. The molecule has 0 amide bonds. The number of nitrogens with one attached hydrogen (secondary N) is 1. The Labute approximate surface area is 164 Å². The fourth-order valence-corrected chi connectivity index (χ4v) is 4.97. The number of hydrogen-bond acceptors (Lipinski definition) is 4. The molecule has 0 unspecified atom stereocenters. The molecular weight excluding hydrogens is 354 g/mol. The Hall–Kier alpha value is -2.76. The molecule has 0 radical (unpaired) electrons. The van der Waals surface area contributed by atoms with E-state index in [2.05, 4.69) is 39.0 Å². The van der Waals surface area contributed by atoms with Crippen LogP contribution in [0.3, 0.4) is 0 Å². The van der Waals surface area contributed by atoms with Crippen molar-refractivity contribution in [2.24, 2.45) is 10.5 Å². The topological polar surface area (TPSA) is 92.0 Å². The summed E-state index contributed by atoms with van der Waals surface area (Å²) >= 11 is 0. The Morgan fingerprint density at radius 2 is 2.29 bits per heavy atom. The first-order valence-corrected chi connectivity index (χ1v) is 9.85. The van der Waals surface area contributed by atoms with Crippen LogP contribution < -0.4 is 5.32 Å². The third kappa shape index (κ3) is 2.70. The van der Waals surface area contributed by atoms with Crippen LogP contribution in [-0.4, -0.2) is 30.7 Å². The van der Waals surface area contributed by atoms with Crippen LogP contribution in [0.2, 0.25) is 0 Å². The number of para-hydroxylation sites is 1. The lowest BCUT2D eigenvalue weighted by atomic mass is 9.68. The molecule has 0 aliphatic carbocycles. The minimum Gasteiger partial charge on any atom is -0.464 e. The lowest BCUT2D eigenvalue weighted by molar-refractivity contribution is -0.134. The second-order valence-electron chi connectivity index (χ2n) is 7.52. The summed E-state index contributed by atoms with van der Waals surface area (Å²) in [7, 11) is 1.43. The summed E-state index contributed by atoms with van der Waals surface area (Å²) in [6, 6.07) is 8.23. The van der Waals surface area contributed by atoms with Gasteiger partial charge >= 0.3 is 5.97 Å². The number of methoxy groups -OCH3 is 1. The minimum absolute atomic E-state index is 0.119. The van der Waals surface area contributed by atoms with Crippen LogP contribution in [0.15, 0.2) is 35.5 Å². The second-order valence-corrected chi connectivity index (χ2v) is 7.52. The highest BCUT2D eigenvalue weighted by atomic mass is 16.5. The number of hydrogen-bond donors (Lipinski definition) is 1. The predicted octanol–water partition coefficient (Wildman–Crippen LogP) is 4.34. The zero-order valence-electron chi connectivity index (χ0n) is 16.3. The van der Waals surface area contributed by atoms with E-state index in [1.807, 2.05) is 18.2 Å². The van der Waals surface area contributed by atoms with Gasteiger partial charge in [-0.15, -0.1) is 0 Å². The number of rotatable bonds is 5. The first-order chi connectivity index (χ1) is 13.7. The van der Waals surface area contributed by atoms with Gasteiger partial charge in [0.05, 0.1) is 18.7 Å². The van der Waals surface area contributed by atoms with E-state index in [1.165, 1.54) is 7.11 Å². The molecule has 2 aliphatic heterocycles. The van der Waals surface area contributed by atoms with Gasteiger partial charge in [-0.3, -0.25) is 0 Å². The zero-order chi connectivity index (χ0) is 19.7. The molecule has 1 aromatic carbocycles. The van der Waals surface area contributed by atoms with Crippen molar-refractivity contribution in [2.45, 2.75) is 38.6 Å². The third-order valence-electron chi connectivity index (χ3n) is 6.28. The van der Waals surface area contributed by atoms with E-state index in [9.17, 15) is 4.79 Å². The summed E-state index contributed by atoms with van der Waals surface area (Å²) in [6.07, 6.45) is 5.80. The van der Waals surface area contributed by atoms with Gasteiger partial charge in [-0.2, -0.15) is 0 Å². The Balaban J connectivity index is 2.03. The molecule has 1 aromatic heterocycles. The number of piperidine rings is 1. The van der Waals surface area contributed by atoms with Crippen molar-refractivity contribution >= 4 is 22.6 Å². The second kappa shape index (κ2) is 7.34. The lowest BCUT2D eigenvalue weighted by Crippen LogP contribution is -2.46.